The van der Waals surface area contributed by atoms with Gasteiger partial charge in [0.25, 0.3) is 5.91 Å². The Morgan fingerprint density at radius 2 is 1.97 bits per heavy atom. The number of nitrogens with one attached hydrogen (secondary N) is 3. The van der Waals surface area contributed by atoms with Crippen LogP contribution in [0.1, 0.15) is 27.6 Å². The Bertz CT molecular complexity index is 1160. The lowest BCUT2D eigenvalue weighted by molar-refractivity contribution is -0.117. The van der Waals surface area contributed by atoms with Crippen molar-refractivity contribution in [2.45, 2.75) is 12.3 Å². The predicted octanol–water partition coefficient (Wildman–Crippen LogP) is 3.34. The van der Waals surface area contributed by atoms with E-state index in [2.05, 4.69) is 25.8 Å². The van der Waals surface area contributed by atoms with Crippen molar-refractivity contribution < 1.29 is 9.59 Å². The Balaban J connectivity index is 1.55. The molecule has 0 aliphatic rings. The van der Waals surface area contributed by atoms with Gasteiger partial charge < -0.3 is 16.4 Å². The summed E-state index contributed by atoms with van der Waals surface area (Å²) in [6, 6.07) is 14.9. The second-order valence-corrected chi connectivity index (χ2v) is 7.57. The summed E-state index contributed by atoms with van der Waals surface area (Å²) in [7, 11) is 0. The number of hydrogen-bond acceptors (Lipinski definition) is 6. The molecule has 0 aliphatic heterocycles. The number of aromatic amines is 1. The number of H-pyrrole nitrogens is 1. The molecule has 0 bridgehead atoms. The molecule has 9 heteroatoms. The molecule has 2 aromatic heterocycles. The zero-order valence-electron chi connectivity index (χ0n) is 16.0. The summed E-state index contributed by atoms with van der Waals surface area (Å²) in [5, 5.41) is 13.5. The van der Waals surface area contributed by atoms with Crippen molar-refractivity contribution in [2.24, 2.45) is 5.73 Å². The SMILES string of the molecule is NCCC(C(=O)Nc1ccc2[nH]nc(NC(=O)c3cncs3)c2c1)c1ccccc1. The second-order valence-electron chi connectivity index (χ2n) is 6.68. The average molecular weight is 420 g/mol. The van der Waals surface area contributed by atoms with Crippen LogP contribution in [0.15, 0.2) is 60.2 Å². The number of carbonyl (C=O) groups is 2. The van der Waals surface area contributed by atoms with Crippen molar-refractivity contribution in [2.75, 3.05) is 17.2 Å². The third-order valence-electron chi connectivity index (χ3n) is 4.69. The number of amides is 2. The van der Waals surface area contributed by atoms with Gasteiger partial charge in [0.15, 0.2) is 5.82 Å². The number of nitrogens with two attached hydrogens (primary N) is 1. The average Bonchev–Trinajstić information content (AvgIpc) is 3.43. The fourth-order valence-electron chi connectivity index (χ4n) is 3.21. The number of thiazole rings is 1. The quantitative estimate of drug-likeness (QED) is 0.365. The lowest BCUT2D eigenvalue weighted by Gasteiger charge is -2.16. The van der Waals surface area contributed by atoms with Gasteiger partial charge in [0.05, 0.1) is 23.1 Å². The topological polar surface area (TPSA) is 126 Å². The van der Waals surface area contributed by atoms with Crippen LogP contribution in [0, 0.1) is 0 Å². The van der Waals surface area contributed by atoms with E-state index in [-0.39, 0.29) is 17.7 Å². The van der Waals surface area contributed by atoms with Gasteiger partial charge in [-0.3, -0.25) is 19.7 Å². The van der Waals surface area contributed by atoms with Gasteiger partial charge in [-0.25, -0.2) is 0 Å². The highest BCUT2D eigenvalue weighted by molar-refractivity contribution is 7.11. The molecular formula is C21H20N6O2S. The van der Waals surface area contributed by atoms with Crippen LogP contribution in [0.25, 0.3) is 10.9 Å². The van der Waals surface area contributed by atoms with E-state index in [1.807, 2.05) is 30.3 Å². The minimum Gasteiger partial charge on any atom is -0.330 e. The van der Waals surface area contributed by atoms with Crippen molar-refractivity contribution in [3.8, 4) is 0 Å². The molecule has 30 heavy (non-hydrogen) atoms. The van der Waals surface area contributed by atoms with E-state index in [9.17, 15) is 9.59 Å². The smallest absolute Gasteiger partial charge is 0.268 e. The second kappa shape index (κ2) is 8.85. The molecule has 8 nitrogen and oxygen atoms in total. The summed E-state index contributed by atoms with van der Waals surface area (Å²) in [6.45, 7) is 0.404. The maximum atomic E-state index is 12.9. The van der Waals surface area contributed by atoms with E-state index >= 15 is 0 Å². The standard InChI is InChI=1S/C21H20N6O2S/c22-9-8-15(13-4-2-1-3-5-13)20(28)24-14-6-7-17-16(10-14)19(27-26-17)25-21(29)18-11-23-12-30-18/h1-7,10-12,15H,8-9,22H2,(H,24,28)(H2,25,26,27,29). The first-order valence-corrected chi connectivity index (χ1v) is 10.3. The van der Waals surface area contributed by atoms with E-state index in [1.165, 1.54) is 17.5 Å². The van der Waals surface area contributed by atoms with Gasteiger partial charge in [-0.1, -0.05) is 30.3 Å². The van der Waals surface area contributed by atoms with Crippen molar-refractivity contribution in [1.82, 2.24) is 15.2 Å². The Kier molecular flexibility index (Phi) is 5.82. The van der Waals surface area contributed by atoms with E-state index in [4.69, 9.17) is 5.73 Å². The van der Waals surface area contributed by atoms with Gasteiger partial charge in [-0.2, -0.15) is 5.10 Å². The molecule has 2 aromatic carbocycles. The van der Waals surface area contributed by atoms with E-state index in [1.54, 1.807) is 23.7 Å². The van der Waals surface area contributed by atoms with Crippen LogP contribution in [0.3, 0.4) is 0 Å². The third kappa shape index (κ3) is 4.22. The number of aromatic nitrogens is 3. The summed E-state index contributed by atoms with van der Waals surface area (Å²) >= 11 is 1.25. The van der Waals surface area contributed by atoms with Crippen LogP contribution in [0.5, 0.6) is 0 Å². The van der Waals surface area contributed by atoms with E-state index in [0.29, 0.717) is 34.7 Å². The van der Waals surface area contributed by atoms with Gasteiger partial charge >= 0.3 is 0 Å². The summed E-state index contributed by atoms with van der Waals surface area (Å²) in [5.74, 6) is -0.375. The zero-order valence-corrected chi connectivity index (χ0v) is 16.8. The molecule has 4 rings (SSSR count). The maximum Gasteiger partial charge on any atom is 0.268 e. The minimum atomic E-state index is -0.346. The van der Waals surface area contributed by atoms with Crippen molar-refractivity contribution in [3.05, 3.63) is 70.7 Å². The van der Waals surface area contributed by atoms with E-state index in [0.717, 1.165) is 11.1 Å². The molecule has 0 radical (unpaired) electrons. The van der Waals surface area contributed by atoms with E-state index < -0.39 is 0 Å². The van der Waals surface area contributed by atoms with Crippen molar-refractivity contribution in [3.63, 3.8) is 0 Å². The number of carbonyl (C=O) groups excluding carboxylic acids is 2. The molecule has 0 fully saturated rings. The lowest BCUT2D eigenvalue weighted by Crippen LogP contribution is -2.23. The Morgan fingerprint density at radius 1 is 1.13 bits per heavy atom. The summed E-state index contributed by atoms with van der Waals surface area (Å²) < 4.78 is 0. The Hall–Kier alpha value is -3.56. The number of hydrogen-bond donors (Lipinski definition) is 4. The molecule has 2 heterocycles. The molecule has 0 spiro atoms. The van der Waals surface area contributed by atoms with Crippen LogP contribution < -0.4 is 16.4 Å². The highest BCUT2D eigenvalue weighted by atomic mass is 32.1. The first-order chi connectivity index (χ1) is 14.7. The molecule has 0 saturated heterocycles. The number of benzene rings is 2. The highest BCUT2D eigenvalue weighted by Crippen LogP contribution is 2.27. The number of rotatable bonds is 7. The fourth-order valence-corrected chi connectivity index (χ4v) is 3.73. The summed E-state index contributed by atoms with van der Waals surface area (Å²) in [4.78, 5) is 29.7. The minimum absolute atomic E-state index is 0.134. The predicted molar refractivity (Wildman–Crippen MR) is 118 cm³/mol. The lowest BCUT2D eigenvalue weighted by atomic mass is 9.94. The molecule has 1 unspecified atom stereocenters. The molecular weight excluding hydrogens is 400 g/mol. The zero-order chi connectivity index (χ0) is 20.9. The molecule has 152 valence electrons. The fraction of sp³-hybridized carbons (Fsp3) is 0.143. The highest BCUT2D eigenvalue weighted by Gasteiger charge is 2.20. The maximum absolute atomic E-state index is 12.9. The van der Waals surface area contributed by atoms with Crippen LogP contribution >= 0.6 is 11.3 Å². The van der Waals surface area contributed by atoms with Crippen molar-refractivity contribution >= 4 is 45.6 Å². The largest absolute Gasteiger partial charge is 0.330 e. The van der Waals surface area contributed by atoms with Crippen LogP contribution in [0.2, 0.25) is 0 Å². The van der Waals surface area contributed by atoms with Crippen molar-refractivity contribution in [1.29, 1.82) is 0 Å². The third-order valence-corrected chi connectivity index (χ3v) is 5.46. The van der Waals surface area contributed by atoms with Gasteiger partial charge in [0.2, 0.25) is 5.91 Å². The summed E-state index contributed by atoms with van der Waals surface area (Å²) in [5.41, 5.74) is 9.60. The Morgan fingerprint density at radius 3 is 2.70 bits per heavy atom. The molecule has 0 aliphatic carbocycles. The Labute approximate surface area is 176 Å². The number of fused-ring (bicyclic) bond motifs is 1. The van der Waals surface area contributed by atoms with Crippen LogP contribution in [-0.4, -0.2) is 33.5 Å². The molecule has 1 atom stereocenters. The van der Waals surface area contributed by atoms with Gasteiger partial charge in [-0.15, -0.1) is 11.3 Å². The summed E-state index contributed by atoms with van der Waals surface area (Å²) in [6.07, 6.45) is 2.04. The van der Waals surface area contributed by atoms with Gasteiger partial charge in [0, 0.05) is 11.1 Å². The first-order valence-electron chi connectivity index (χ1n) is 9.39. The van der Waals surface area contributed by atoms with Crippen LogP contribution in [-0.2, 0) is 4.79 Å². The van der Waals surface area contributed by atoms with Crippen LogP contribution in [0.4, 0.5) is 11.5 Å². The molecule has 5 N–H and O–H groups in total. The first kappa shape index (κ1) is 19.7. The van der Waals surface area contributed by atoms with Gasteiger partial charge in [-0.05, 0) is 36.7 Å². The monoisotopic (exact) mass is 420 g/mol. The molecule has 2 amide bonds. The van der Waals surface area contributed by atoms with Gasteiger partial charge in [0.1, 0.15) is 4.88 Å². The normalized spacial score (nSPS) is 11.9. The number of anilines is 2. The molecule has 0 saturated carbocycles. The molecule has 4 aromatic rings. The number of nitrogens with zero attached hydrogens (tertiary/aromatic N) is 2.